The van der Waals surface area contributed by atoms with Gasteiger partial charge in [0.15, 0.2) is 11.7 Å². The number of fused-ring (bicyclic) bond motifs is 2. The fourth-order valence-electron chi connectivity index (χ4n) is 4.73. The Hall–Kier alpha value is -6.25. The van der Waals surface area contributed by atoms with Crippen molar-refractivity contribution in [1.82, 2.24) is 9.97 Å². The molecule has 8 nitrogen and oxygen atoms in total. The number of benzene rings is 3. The molecule has 1 aromatic heterocycles. The Labute approximate surface area is 243 Å². The van der Waals surface area contributed by atoms with E-state index in [2.05, 4.69) is 20.3 Å². The summed E-state index contributed by atoms with van der Waals surface area (Å²) in [5.41, 5.74) is -7.38. The van der Waals surface area contributed by atoms with Gasteiger partial charge in [0.1, 0.15) is 52.2 Å². The molecule has 3 aromatic carbocycles. The van der Waals surface area contributed by atoms with Crippen LogP contribution in [0.1, 0.15) is 11.3 Å². The Balaban J connectivity index is 2.15. The lowest BCUT2D eigenvalue weighted by Crippen LogP contribution is -2.47. The van der Waals surface area contributed by atoms with Gasteiger partial charge in [-0.05, 0) is 5.56 Å². The zero-order valence-electron chi connectivity index (χ0n) is 21.7. The van der Waals surface area contributed by atoms with E-state index < -0.39 is 79.5 Å². The molecule has 1 aliphatic heterocycles. The lowest BCUT2D eigenvalue weighted by molar-refractivity contribution is -0.140. The largest absolute Gasteiger partial charge is 0.435 e. The molecule has 0 saturated heterocycles. The van der Waals surface area contributed by atoms with Gasteiger partial charge in [-0.25, -0.2) is 15.0 Å². The summed E-state index contributed by atoms with van der Waals surface area (Å²) < 4.78 is 86.8. The van der Waals surface area contributed by atoms with Crippen molar-refractivity contribution in [2.24, 2.45) is 4.99 Å². The summed E-state index contributed by atoms with van der Waals surface area (Å²) in [7, 11) is 0. The van der Waals surface area contributed by atoms with E-state index >= 15 is 0 Å². The number of rotatable bonds is 2. The van der Waals surface area contributed by atoms with Gasteiger partial charge in [0.2, 0.25) is 0 Å². The van der Waals surface area contributed by atoms with Crippen molar-refractivity contribution in [1.29, 1.82) is 21.0 Å². The first-order chi connectivity index (χ1) is 20.9. The van der Waals surface area contributed by atoms with E-state index in [0.29, 0.717) is 0 Å². The van der Waals surface area contributed by atoms with Crippen LogP contribution in [-0.2, 0) is 6.18 Å². The van der Waals surface area contributed by atoms with E-state index in [-0.39, 0.29) is 11.1 Å². The normalized spacial score (nSPS) is 14.1. The Morgan fingerprint density at radius 2 is 1.18 bits per heavy atom. The van der Waals surface area contributed by atoms with Crippen molar-refractivity contribution in [3.63, 3.8) is 0 Å². The minimum absolute atomic E-state index is 0.0395. The molecule has 0 saturated carbocycles. The monoisotopic (exact) mass is 598 g/mol. The standard InChI is InChI=1S/C30H12F6N8/c31-29(32,33)27-21(15-7-3-1-4-8-15)41-23-19(17(11-37)12-38)26-24(20(25(23)43-27)18(13-39)14-40)42-22(16-9-5-2-6-10-16)28(44-26)30(34,35)36/h1-10,27,43H. The molecule has 0 fully saturated rings. The van der Waals surface area contributed by atoms with Gasteiger partial charge in [0, 0.05) is 5.56 Å². The van der Waals surface area contributed by atoms with Crippen LogP contribution < -0.4 is 15.8 Å². The fraction of sp³-hybridized carbons (Fsp3) is 0.100. The van der Waals surface area contributed by atoms with E-state index in [1.165, 1.54) is 72.8 Å². The maximum atomic E-state index is 14.5. The Kier molecular flexibility index (Phi) is 7.22. The van der Waals surface area contributed by atoms with E-state index in [4.69, 9.17) is 0 Å². The second kappa shape index (κ2) is 10.9. The summed E-state index contributed by atoms with van der Waals surface area (Å²) >= 11 is 0. The van der Waals surface area contributed by atoms with Gasteiger partial charge in [-0.3, -0.25) is 0 Å². The van der Waals surface area contributed by atoms with Crippen LogP contribution in [0.2, 0.25) is 0 Å². The van der Waals surface area contributed by atoms with Crippen LogP contribution in [0.3, 0.4) is 0 Å². The third kappa shape index (κ3) is 4.91. The quantitative estimate of drug-likeness (QED) is 0.313. The van der Waals surface area contributed by atoms with E-state index in [0.717, 1.165) is 0 Å². The molecule has 1 unspecified atom stereocenters. The number of nitriles is 4. The third-order valence-corrected chi connectivity index (χ3v) is 6.55. The summed E-state index contributed by atoms with van der Waals surface area (Å²) in [6.07, 6.45) is -10.2. The van der Waals surface area contributed by atoms with E-state index in [1.54, 1.807) is 12.1 Å². The highest BCUT2D eigenvalue weighted by molar-refractivity contribution is 6.12. The average Bonchev–Trinajstić information content (AvgIpc) is 3.01. The second-order valence-corrected chi connectivity index (χ2v) is 9.13. The molecule has 0 amide bonds. The summed E-state index contributed by atoms with van der Waals surface area (Å²) in [4.78, 5) is 12.0. The van der Waals surface area contributed by atoms with Crippen LogP contribution in [0.15, 0.2) is 65.7 Å². The number of nitrogens with zero attached hydrogens (tertiary/aromatic N) is 7. The van der Waals surface area contributed by atoms with Crippen molar-refractivity contribution in [2.45, 2.75) is 18.4 Å². The van der Waals surface area contributed by atoms with Gasteiger partial charge in [0.25, 0.3) is 0 Å². The first-order valence-corrected chi connectivity index (χ1v) is 12.3. The zero-order valence-corrected chi connectivity index (χ0v) is 21.7. The second-order valence-electron chi connectivity index (χ2n) is 9.13. The van der Waals surface area contributed by atoms with Gasteiger partial charge in [0.05, 0.1) is 27.5 Å². The van der Waals surface area contributed by atoms with Crippen molar-refractivity contribution >= 4 is 39.3 Å². The number of halogens is 6. The first-order valence-electron chi connectivity index (χ1n) is 12.3. The third-order valence-electron chi connectivity index (χ3n) is 6.55. The lowest BCUT2D eigenvalue weighted by atomic mass is 9.96. The molecule has 44 heavy (non-hydrogen) atoms. The number of hydrogen-bond acceptors (Lipinski definition) is 8. The minimum Gasteiger partial charge on any atom is -0.367 e. The molecule has 1 N–H and O–H groups in total. The average molecular weight is 598 g/mol. The first kappa shape index (κ1) is 29.2. The zero-order chi connectivity index (χ0) is 31.8. The highest BCUT2D eigenvalue weighted by atomic mass is 19.4. The number of nitrogens with one attached hydrogen (secondary N) is 1. The molecular formula is C30H12F6N8. The SMILES string of the molecule is N#CC(C#N)=c1c2c(c(=C(C#N)C#N)c3nc(-c4ccccc4)c(C(F)(F)F)nc13)NC(C(F)(F)F)C(c1ccccc1)=N2. The van der Waals surface area contributed by atoms with Crippen molar-refractivity contribution < 1.29 is 26.3 Å². The molecule has 2 heterocycles. The maximum Gasteiger partial charge on any atom is 0.435 e. The topological polar surface area (TPSA) is 145 Å². The smallest absolute Gasteiger partial charge is 0.367 e. The fourth-order valence-corrected chi connectivity index (χ4v) is 4.73. The van der Waals surface area contributed by atoms with Crippen molar-refractivity contribution in [2.75, 3.05) is 5.32 Å². The molecular weight excluding hydrogens is 586 g/mol. The van der Waals surface area contributed by atoms with Gasteiger partial charge >= 0.3 is 12.4 Å². The lowest BCUT2D eigenvalue weighted by Gasteiger charge is -2.30. The molecule has 4 aromatic rings. The van der Waals surface area contributed by atoms with Crippen LogP contribution in [0.5, 0.6) is 0 Å². The number of alkyl halides is 6. The van der Waals surface area contributed by atoms with E-state index in [1.807, 2.05) is 0 Å². The van der Waals surface area contributed by atoms with Gasteiger partial charge in [-0.2, -0.15) is 47.4 Å². The Morgan fingerprint density at radius 1 is 0.682 bits per heavy atom. The molecule has 14 heteroatoms. The number of aromatic nitrogens is 2. The number of anilines is 1. The molecule has 0 aliphatic carbocycles. The van der Waals surface area contributed by atoms with Gasteiger partial charge < -0.3 is 5.32 Å². The van der Waals surface area contributed by atoms with Crippen LogP contribution >= 0.6 is 0 Å². The minimum atomic E-state index is -5.14. The molecule has 0 bridgehead atoms. The molecule has 0 radical (unpaired) electrons. The molecule has 5 rings (SSSR count). The Morgan fingerprint density at radius 3 is 1.68 bits per heavy atom. The highest BCUT2D eigenvalue weighted by Crippen LogP contribution is 2.38. The predicted octanol–water partition coefficient (Wildman–Crippen LogP) is 5.19. The van der Waals surface area contributed by atoms with Crippen LogP contribution in [-0.4, -0.2) is 27.9 Å². The summed E-state index contributed by atoms with van der Waals surface area (Å²) in [5, 5.41) is 40.2. The van der Waals surface area contributed by atoms with Crippen LogP contribution in [0, 0.1) is 45.3 Å². The maximum absolute atomic E-state index is 14.5. The van der Waals surface area contributed by atoms with Crippen LogP contribution in [0.4, 0.5) is 37.7 Å². The van der Waals surface area contributed by atoms with E-state index in [9.17, 15) is 47.4 Å². The number of hydrogen-bond donors (Lipinski definition) is 1. The number of aliphatic imine (C=N–C) groups is 1. The summed E-state index contributed by atoms with van der Waals surface area (Å²) in [6, 6.07) is 17.5. The molecule has 214 valence electrons. The molecule has 1 aliphatic rings. The summed E-state index contributed by atoms with van der Waals surface area (Å²) in [6.45, 7) is 0. The van der Waals surface area contributed by atoms with Crippen LogP contribution in [0.25, 0.3) is 33.4 Å². The molecule has 0 spiro atoms. The molecule has 1 atom stereocenters. The van der Waals surface area contributed by atoms with Gasteiger partial charge in [-0.1, -0.05) is 60.7 Å². The highest BCUT2D eigenvalue weighted by Gasteiger charge is 2.46. The van der Waals surface area contributed by atoms with Crippen molar-refractivity contribution in [3.8, 4) is 35.5 Å². The summed E-state index contributed by atoms with van der Waals surface area (Å²) in [5.74, 6) is 0. The van der Waals surface area contributed by atoms with Gasteiger partial charge in [-0.15, -0.1) is 0 Å². The predicted molar refractivity (Wildman–Crippen MR) is 145 cm³/mol. The van der Waals surface area contributed by atoms with Crippen molar-refractivity contribution in [3.05, 3.63) is 82.4 Å². The Bertz CT molecular complexity index is 2130.